The van der Waals surface area contributed by atoms with Crippen molar-refractivity contribution in [3.8, 4) is 0 Å². The summed E-state index contributed by atoms with van der Waals surface area (Å²) in [7, 11) is 3.75. The summed E-state index contributed by atoms with van der Waals surface area (Å²) >= 11 is 6.51. The van der Waals surface area contributed by atoms with E-state index in [1.54, 1.807) is 6.92 Å². The van der Waals surface area contributed by atoms with Gasteiger partial charge in [-0.05, 0) is 58.3 Å². The molecule has 0 aliphatic heterocycles. The Labute approximate surface area is 179 Å². The number of benzene rings is 1. The maximum absolute atomic E-state index is 13.5. The second-order valence-electron chi connectivity index (χ2n) is 8.50. The van der Waals surface area contributed by atoms with E-state index in [-0.39, 0.29) is 17.5 Å². The van der Waals surface area contributed by atoms with Gasteiger partial charge in [-0.15, -0.1) is 0 Å². The van der Waals surface area contributed by atoms with Crippen LogP contribution >= 0.6 is 11.6 Å². The van der Waals surface area contributed by atoms with Crippen LogP contribution in [-0.4, -0.2) is 47.7 Å². The molecule has 0 radical (unpaired) electrons. The third-order valence-electron chi connectivity index (χ3n) is 5.95. The summed E-state index contributed by atoms with van der Waals surface area (Å²) in [5.74, 6) is 0.863. The average molecular weight is 431 g/mol. The molecule has 1 amide bonds. The van der Waals surface area contributed by atoms with Gasteiger partial charge in [-0.3, -0.25) is 9.59 Å². The predicted octanol–water partition coefficient (Wildman–Crippen LogP) is 3.51. The lowest BCUT2D eigenvalue weighted by atomic mass is 9.85. The highest BCUT2D eigenvalue weighted by Crippen LogP contribution is 2.36. The fraction of sp³-hybridized carbons (Fsp3) is 0.500. The Hall–Kier alpha value is -2.38. The Bertz CT molecular complexity index is 1150. The summed E-state index contributed by atoms with van der Waals surface area (Å²) in [5, 5.41) is 8.97. The van der Waals surface area contributed by atoms with Crippen LogP contribution in [0.2, 0.25) is 5.02 Å². The molecule has 2 heterocycles. The van der Waals surface area contributed by atoms with Gasteiger partial charge in [0.1, 0.15) is 16.7 Å². The number of halogens is 1. The van der Waals surface area contributed by atoms with Gasteiger partial charge in [0, 0.05) is 18.0 Å². The van der Waals surface area contributed by atoms with Gasteiger partial charge in [0.15, 0.2) is 0 Å². The van der Waals surface area contributed by atoms with Crippen LogP contribution in [0.1, 0.15) is 37.5 Å². The molecule has 160 valence electrons. The van der Waals surface area contributed by atoms with E-state index in [9.17, 15) is 9.59 Å². The van der Waals surface area contributed by atoms with Gasteiger partial charge in [0.05, 0.1) is 17.1 Å². The molecule has 2 aromatic heterocycles. The van der Waals surface area contributed by atoms with Gasteiger partial charge >= 0.3 is 0 Å². The molecule has 0 saturated heterocycles. The van der Waals surface area contributed by atoms with E-state index in [1.165, 1.54) is 0 Å². The summed E-state index contributed by atoms with van der Waals surface area (Å²) in [5.41, 5.74) is 1.23. The molecule has 1 aliphatic carbocycles. The Morgan fingerprint density at radius 3 is 2.90 bits per heavy atom. The number of carbonyl (C=O) groups excluding carboxylic acids is 1. The summed E-state index contributed by atoms with van der Waals surface area (Å²) in [6, 6.07) is 5.64. The van der Waals surface area contributed by atoms with E-state index in [1.807, 2.05) is 41.8 Å². The molecular weight excluding hydrogens is 404 g/mol. The topological polar surface area (TPSA) is 80.4 Å². The standard InChI is InChI=1S/C22H27ClN4O3/c1-13-19-21(25-30-13)20-16(23)8-5-9-17(20)27(22(19)29)15-7-4-6-14(10-15)11-24-18(28)12-26(2)3/h5,8-9,14-15H,4,6-7,10-12H2,1-3H3,(H,24,28)/t14-,15+/m0/s1. The first-order valence-corrected chi connectivity index (χ1v) is 10.7. The van der Waals surface area contributed by atoms with E-state index < -0.39 is 0 Å². The maximum atomic E-state index is 13.5. The zero-order valence-electron chi connectivity index (χ0n) is 17.6. The fourth-order valence-corrected chi connectivity index (χ4v) is 4.88. The zero-order valence-corrected chi connectivity index (χ0v) is 18.3. The number of nitrogens with zero attached hydrogens (tertiary/aromatic N) is 3. The monoisotopic (exact) mass is 430 g/mol. The minimum absolute atomic E-state index is 0.0260. The van der Waals surface area contributed by atoms with E-state index in [0.29, 0.717) is 40.7 Å². The molecule has 0 spiro atoms. The van der Waals surface area contributed by atoms with Crippen molar-refractivity contribution in [2.45, 2.75) is 38.6 Å². The van der Waals surface area contributed by atoms with Crippen LogP contribution in [0.3, 0.4) is 0 Å². The Morgan fingerprint density at radius 2 is 2.13 bits per heavy atom. The molecule has 1 aromatic carbocycles. The second-order valence-corrected chi connectivity index (χ2v) is 8.91. The van der Waals surface area contributed by atoms with Crippen molar-refractivity contribution < 1.29 is 9.32 Å². The molecule has 2 atom stereocenters. The number of likely N-dealkylation sites (N-methyl/N-ethyl adjacent to an activating group) is 1. The number of rotatable bonds is 5. The Balaban J connectivity index is 1.69. The number of nitrogens with one attached hydrogen (secondary N) is 1. The molecule has 8 heteroatoms. The molecule has 3 aromatic rings. The highest BCUT2D eigenvalue weighted by atomic mass is 35.5. The van der Waals surface area contributed by atoms with E-state index >= 15 is 0 Å². The van der Waals surface area contributed by atoms with Gasteiger partial charge in [0.2, 0.25) is 5.91 Å². The molecule has 1 fully saturated rings. The van der Waals surface area contributed by atoms with Gasteiger partial charge in [0.25, 0.3) is 5.56 Å². The Morgan fingerprint density at radius 1 is 1.33 bits per heavy atom. The molecule has 0 unspecified atom stereocenters. The van der Waals surface area contributed by atoms with Crippen LogP contribution in [0.25, 0.3) is 21.8 Å². The number of pyridine rings is 1. The van der Waals surface area contributed by atoms with Crippen molar-refractivity contribution >= 4 is 39.3 Å². The smallest absolute Gasteiger partial charge is 0.264 e. The van der Waals surface area contributed by atoms with Gasteiger partial charge in [-0.1, -0.05) is 29.2 Å². The highest BCUT2D eigenvalue weighted by Gasteiger charge is 2.28. The van der Waals surface area contributed by atoms with Crippen LogP contribution in [0, 0.1) is 12.8 Å². The molecule has 0 bridgehead atoms. The number of hydrogen-bond acceptors (Lipinski definition) is 5. The maximum Gasteiger partial charge on any atom is 0.264 e. The largest absolute Gasteiger partial charge is 0.360 e. The van der Waals surface area contributed by atoms with E-state index in [2.05, 4.69) is 10.5 Å². The number of amides is 1. The van der Waals surface area contributed by atoms with Crippen molar-refractivity contribution in [3.63, 3.8) is 0 Å². The first kappa shape index (κ1) is 20.9. The molecule has 1 N–H and O–H groups in total. The zero-order chi connectivity index (χ0) is 21.4. The summed E-state index contributed by atoms with van der Waals surface area (Å²) < 4.78 is 7.22. The lowest BCUT2D eigenvalue weighted by molar-refractivity contribution is -0.121. The summed E-state index contributed by atoms with van der Waals surface area (Å²) in [6.07, 6.45) is 3.80. The minimum atomic E-state index is -0.0826. The van der Waals surface area contributed by atoms with Crippen molar-refractivity contribution in [2.24, 2.45) is 5.92 Å². The highest BCUT2D eigenvalue weighted by molar-refractivity contribution is 6.37. The third kappa shape index (κ3) is 3.84. The number of aromatic nitrogens is 2. The summed E-state index contributed by atoms with van der Waals surface area (Å²) in [4.78, 5) is 27.4. The first-order valence-electron chi connectivity index (χ1n) is 10.4. The van der Waals surface area contributed by atoms with Crippen molar-refractivity contribution in [1.82, 2.24) is 19.9 Å². The van der Waals surface area contributed by atoms with Crippen LogP contribution < -0.4 is 10.9 Å². The molecule has 7 nitrogen and oxygen atoms in total. The minimum Gasteiger partial charge on any atom is -0.360 e. The number of hydrogen-bond donors (Lipinski definition) is 1. The molecule has 30 heavy (non-hydrogen) atoms. The number of aryl methyl sites for hydroxylation is 1. The van der Waals surface area contributed by atoms with Crippen molar-refractivity contribution in [3.05, 3.63) is 39.3 Å². The van der Waals surface area contributed by atoms with Crippen LogP contribution in [0.4, 0.5) is 0 Å². The average Bonchev–Trinajstić information content (AvgIpc) is 3.08. The normalized spacial score (nSPS) is 19.6. The van der Waals surface area contributed by atoms with Crippen molar-refractivity contribution in [2.75, 3.05) is 27.2 Å². The quantitative estimate of drug-likeness (QED) is 0.669. The van der Waals surface area contributed by atoms with Gasteiger partial charge < -0.3 is 19.3 Å². The van der Waals surface area contributed by atoms with Gasteiger partial charge in [-0.25, -0.2) is 0 Å². The van der Waals surface area contributed by atoms with Crippen LogP contribution in [0.5, 0.6) is 0 Å². The second kappa shape index (κ2) is 8.40. The fourth-order valence-electron chi connectivity index (χ4n) is 4.62. The lowest BCUT2D eigenvalue weighted by Crippen LogP contribution is -2.38. The Kier molecular flexibility index (Phi) is 5.84. The SMILES string of the molecule is Cc1onc2c1c(=O)n([C@@H]1CCC[C@H](CNC(=O)CN(C)C)C1)c1cccc(Cl)c21. The van der Waals surface area contributed by atoms with Crippen LogP contribution in [-0.2, 0) is 4.79 Å². The molecular formula is C22H27ClN4O3. The van der Waals surface area contributed by atoms with Gasteiger partial charge in [-0.2, -0.15) is 0 Å². The number of carbonyl (C=O) groups is 1. The van der Waals surface area contributed by atoms with E-state index in [0.717, 1.165) is 36.6 Å². The predicted molar refractivity (Wildman–Crippen MR) is 118 cm³/mol. The third-order valence-corrected chi connectivity index (χ3v) is 6.27. The first-order chi connectivity index (χ1) is 14.4. The lowest BCUT2D eigenvalue weighted by Gasteiger charge is -2.31. The number of fused-ring (bicyclic) bond motifs is 3. The van der Waals surface area contributed by atoms with Crippen LogP contribution in [0.15, 0.2) is 27.5 Å². The molecule has 1 aliphatic rings. The molecule has 1 saturated carbocycles. The van der Waals surface area contributed by atoms with Crippen molar-refractivity contribution in [1.29, 1.82) is 0 Å². The molecule has 4 rings (SSSR count). The summed E-state index contributed by atoms with van der Waals surface area (Å²) in [6.45, 7) is 2.76. The van der Waals surface area contributed by atoms with E-state index in [4.69, 9.17) is 16.1 Å².